The molecule has 33 heavy (non-hydrogen) atoms. The fraction of sp³-hybridized carbons (Fsp3) is 0.692. The lowest BCUT2D eigenvalue weighted by Crippen LogP contribution is -2.23. The summed E-state index contributed by atoms with van der Waals surface area (Å²) in [6, 6.07) is 1.41. The van der Waals surface area contributed by atoms with Crippen molar-refractivity contribution in [3.63, 3.8) is 0 Å². The summed E-state index contributed by atoms with van der Waals surface area (Å²) in [4.78, 5) is 22.3. The van der Waals surface area contributed by atoms with Crippen LogP contribution in [0.5, 0.6) is 17.2 Å². The third kappa shape index (κ3) is 9.14. The number of hydrogen-bond acceptors (Lipinski definition) is 5. The van der Waals surface area contributed by atoms with Crippen molar-refractivity contribution in [1.29, 1.82) is 0 Å². The number of phenolic OH excluding ortho intramolecular Hbond substituents is 3. The first-order chi connectivity index (χ1) is 15.3. The maximum atomic E-state index is 11.2. The second-order valence-corrected chi connectivity index (χ2v) is 10.4. The minimum atomic E-state index is -0.797. The van der Waals surface area contributed by atoms with Gasteiger partial charge in [0.25, 0.3) is 0 Å². The van der Waals surface area contributed by atoms with E-state index in [0.717, 1.165) is 51.4 Å². The molecule has 0 aromatic heterocycles. The van der Waals surface area contributed by atoms with Crippen LogP contribution in [0.1, 0.15) is 103 Å². The molecule has 7 nitrogen and oxygen atoms in total. The van der Waals surface area contributed by atoms with Gasteiger partial charge in [0.15, 0.2) is 11.5 Å². The van der Waals surface area contributed by atoms with Crippen LogP contribution in [0.15, 0.2) is 6.07 Å². The van der Waals surface area contributed by atoms with Crippen LogP contribution in [-0.2, 0) is 22.4 Å². The number of aliphatic carboxylic acids is 2. The summed E-state index contributed by atoms with van der Waals surface area (Å²) in [6.07, 6.45) is 8.84. The number of carboxylic acids is 2. The zero-order valence-corrected chi connectivity index (χ0v) is 20.6. The molecule has 0 radical (unpaired) electrons. The zero-order chi connectivity index (χ0) is 25.2. The number of phenols is 3. The van der Waals surface area contributed by atoms with Crippen LogP contribution in [0.4, 0.5) is 0 Å². The number of unbranched alkanes of at least 4 members (excludes halogenated alkanes) is 6. The number of aromatic hydroxyl groups is 3. The maximum Gasteiger partial charge on any atom is 0.309 e. The summed E-state index contributed by atoms with van der Waals surface area (Å²) in [7, 11) is 0. The molecule has 0 bridgehead atoms. The molecule has 0 fully saturated rings. The molecule has 0 aliphatic heterocycles. The van der Waals surface area contributed by atoms with Crippen LogP contribution < -0.4 is 0 Å². The Morgan fingerprint density at radius 3 is 1.55 bits per heavy atom. The SMILES string of the molecule is CC(C)(CCCCCCc1cc(O)c(O)c(CCCCCCC(C)(C)C(=O)O)c1O)C(=O)O. The van der Waals surface area contributed by atoms with Crippen molar-refractivity contribution in [2.45, 2.75) is 105 Å². The van der Waals surface area contributed by atoms with Crippen LogP contribution in [0, 0.1) is 10.8 Å². The quantitative estimate of drug-likeness (QED) is 0.114. The van der Waals surface area contributed by atoms with Gasteiger partial charge < -0.3 is 25.5 Å². The highest BCUT2D eigenvalue weighted by Crippen LogP contribution is 2.40. The van der Waals surface area contributed by atoms with Crippen LogP contribution in [0.3, 0.4) is 0 Å². The van der Waals surface area contributed by atoms with Crippen molar-refractivity contribution in [3.8, 4) is 17.2 Å². The fourth-order valence-electron chi connectivity index (χ4n) is 3.86. The monoisotopic (exact) mass is 466 g/mol. The third-order valence-corrected chi connectivity index (χ3v) is 6.56. The topological polar surface area (TPSA) is 135 Å². The fourth-order valence-corrected chi connectivity index (χ4v) is 3.86. The van der Waals surface area contributed by atoms with Gasteiger partial charge in [-0.05, 0) is 77.8 Å². The summed E-state index contributed by atoms with van der Waals surface area (Å²) in [5, 5.41) is 49.3. The van der Waals surface area contributed by atoms with Crippen LogP contribution in [-0.4, -0.2) is 37.5 Å². The van der Waals surface area contributed by atoms with Gasteiger partial charge in [0, 0.05) is 5.56 Å². The van der Waals surface area contributed by atoms with Crippen LogP contribution >= 0.6 is 0 Å². The molecule has 0 saturated heterocycles. The van der Waals surface area contributed by atoms with Crippen molar-refractivity contribution < 1.29 is 35.1 Å². The lowest BCUT2D eigenvalue weighted by molar-refractivity contribution is -0.148. The molecule has 0 atom stereocenters. The second-order valence-electron chi connectivity index (χ2n) is 10.4. The Hall–Kier alpha value is -2.44. The normalized spacial score (nSPS) is 12.1. The van der Waals surface area contributed by atoms with E-state index >= 15 is 0 Å². The Bertz CT molecular complexity index is 796. The van der Waals surface area contributed by atoms with E-state index in [4.69, 9.17) is 10.2 Å². The van der Waals surface area contributed by atoms with Gasteiger partial charge >= 0.3 is 11.9 Å². The second kappa shape index (κ2) is 12.7. The van der Waals surface area contributed by atoms with Crippen molar-refractivity contribution in [2.75, 3.05) is 0 Å². The van der Waals surface area contributed by atoms with Gasteiger partial charge in [0.1, 0.15) is 5.75 Å². The molecule has 7 heteroatoms. The number of rotatable bonds is 16. The maximum absolute atomic E-state index is 11.2. The molecule has 0 amide bonds. The Morgan fingerprint density at radius 1 is 0.667 bits per heavy atom. The molecular formula is C26H42O7. The van der Waals surface area contributed by atoms with Gasteiger partial charge in [-0.25, -0.2) is 0 Å². The lowest BCUT2D eigenvalue weighted by atomic mass is 9.87. The molecule has 1 aromatic carbocycles. The van der Waals surface area contributed by atoms with E-state index < -0.39 is 22.8 Å². The molecule has 1 rings (SSSR count). The minimum Gasteiger partial charge on any atom is -0.507 e. The highest BCUT2D eigenvalue weighted by molar-refractivity contribution is 5.73. The average molecular weight is 467 g/mol. The number of aryl methyl sites for hydroxylation is 1. The molecular weight excluding hydrogens is 424 g/mol. The van der Waals surface area contributed by atoms with Crippen molar-refractivity contribution in [2.24, 2.45) is 10.8 Å². The minimum absolute atomic E-state index is 0.0318. The summed E-state index contributed by atoms with van der Waals surface area (Å²) in [5.74, 6) is -2.06. The van der Waals surface area contributed by atoms with Gasteiger partial charge in [-0.2, -0.15) is 0 Å². The Kier molecular flexibility index (Phi) is 11.0. The lowest BCUT2D eigenvalue weighted by Gasteiger charge is -2.18. The Morgan fingerprint density at radius 2 is 1.09 bits per heavy atom. The predicted molar refractivity (Wildman–Crippen MR) is 128 cm³/mol. The molecule has 5 N–H and O–H groups in total. The van der Waals surface area contributed by atoms with Crippen LogP contribution in [0.25, 0.3) is 0 Å². The number of benzene rings is 1. The summed E-state index contributed by atoms with van der Waals surface area (Å²) in [5.41, 5.74) is -0.487. The molecule has 0 aliphatic carbocycles. The van der Waals surface area contributed by atoms with Gasteiger partial charge in [-0.15, -0.1) is 0 Å². The average Bonchev–Trinajstić information content (AvgIpc) is 2.72. The summed E-state index contributed by atoms with van der Waals surface area (Å²) >= 11 is 0. The predicted octanol–water partition coefficient (Wildman–Crippen LogP) is 6.01. The van der Waals surface area contributed by atoms with E-state index in [9.17, 15) is 24.9 Å². The first kappa shape index (κ1) is 28.6. The molecule has 0 aliphatic rings. The van der Waals surface area contributed by atoms with Gasteiger partial charge in [0.05, 0.1) is 10.8 Å². The molecule has 0 saturated carbocycles. The highest BCUT2D eigenvalue weighted by atomic mass is 16.4. The van der Waals surface area contributed by atoms with E-state index in [2.05, 4.69) is 0 Å². The van der Waals surface area contributed by atoms with Crippen molar-refractivity contribution in [1.82, 2.24) is 0 Å². The standard InChI is InChI=1S/C26H42O7/c1-25(2,23(30)31)15-11-7-5-9-13-18-17-20(27)22(29)19(21(18)28)14-10-6-8-12-16-26(3,4)24(32)33/h17,27-29H,5-16H2,1-4H3,(H,30,31)(H,32,33). The molecule has 0 heterocycles. The molecule has 188 valence electrons. The van der Waals surface area contributed by atoms with E-state index in [-0.39, 0.29) is 17.2 Å². The van der Waals surface area contributed by atoms with Gasteiger partial charge in [0.2, 0.25) is 0 Å². The van der Waals surface area contributed by atoms with Crippen molar-refractivity contribution >= 4 is 11.9 Å². The number of carbonyl (C=O) groups is 2. The van der Waals surface area contributed by atoms with Gasteiger partial charge in [-0.1, -0.05) is 38.5 Å². The summed E-state index contributed by atoms with van der Waals surface area (Å²) < 4.78 is 0. The van der Waals surface area contributed by atoms with E-state index in [1.807, 2.05) is 0 Å². The van der Waals surface area contributed by atoms with Crippen LogP contribution in [0.2, 0.25) is 0 Å². The first-order valence-electron chi connectivity index (χ1n) is 12.0. The zero-order valence-electron chi connectivity index (χ0n) is 20.6. The highest BCUT2D eigenvalue weighted by Gasteiger charge is 2.26. The Labute approximate surface area is 197 Å². The Balaban J connectivity index is 2.50. The number of hydrogen-bond donors (Lipinski definition) is 5. The molecule has 0 unspecified atom stereocenters. The van der Waals surface area contributed by atoms with Crippen molar-refractivity contribution in [3.05, 3.63) is 17.2 Å². The van der Waals surface area contributed by atoms with E-state index in [0.29, 0.717) is 36.8 Å². The molecule has 1 aromatic rings. The van der Waals surface area contributed by atoms with E-state index in [1.54, 1.807) is 27.7 Å². The smallest absolute Gasteiger partial charge is 0.309 e. The summed E-state index contributed by atoms with van der Waals surface area (Å²) in [6.45, 7) is 6.89. The first-order valence-corrected chi connectivity index (χ1v) is 12.0. The number of carboxylic acid groups (broad SMARTS) is 2. The molecule has 0 spiro atoms. The van der Waals surface area contributed by atoms with Gasteiger partial charge in [-0.3, -0.25) is 9.59 Å². The van der Waals surface area contributed by atoms with E-state index in [1.165, 1.54) is 6.07 Å². The third-order valence-electron chi connectivity index (χ3n) is 6.56. The largest absolute Gasteiger partial charge is 0.507 e.